The first-order valence-corrected chi connectivity index (χ1v) is 15.3. The van der Waals surface area contributed by atoms with E-state index in [0.717, 1.165) is 39.2 Å². The Morgan fingerprint density at radius 3 is 2.21 bits per heavy atom. The Morgan fingerprint density at radius 1 is 1.17 bits per heavy atom. The Hall–Kier alpha value is 0.364. The van der Waals surface area contributed by atoms with E-state index in [2.05, 4.69) is 23.4 Å². The standard InChI is InChI=1S/C8H22N2O2Si.C7H18N2OSi.CH4O.CH4.ClH.H3N/c1-11-13(3,12-2)8-4-6-10-7-5-9;1-10-11(2)7-3-5-9(11)6-4-8-11;1-2;;;/h10H,4-9H2,1-3H3;8-9H,3-7H2,1-2H3;2H,1H3;1H4;1H;1H3. The van der Waals surface area contributed by atoms with Crippen LogP contribution in [0.5, 0.6) is 0 Å². The van der Waals surface area contributed by atoms with Crippen LogP contribution in [0.1, 0.15) is 20.3 Å². The molecule has 184 valence electrons. The van der Waals surface area contributed by atoms with Crippen molar-refractivity contribution in [3.8, 4) is 0 Å². The van der Waals surface area contributed by atoms with E-state index >= 15 is 0 Å². The molecular weight excluding hydrogens is 430 g/mol. The van der Waals surface area contributed by atoms with Crippen LogP contribution in [0.4, 0.5) is 0 Å². The third kappa shape index (κ3) is 11.0. The summed E-state index contributed by atoms with van der Waals surface area (Å²) in [6, 6.07) is 2.32. The van der Waals surface area contributed by atoms with E-state index in [1.165, 1.54) is 25.6 Å². The fraction of sp³-hybridized carbons (Fsp3) is 1.00. The van der Waals surface area contributed by atoms with Crippen molar-refractivity contribution in [1.29, 1.82) is 0 Å². The van der Waals surface area contributed by atoms with E-state index in [9.17, 15) is 0 Å². The molecule has 1 unspecified atom stereocenters. The van der Waals surface area contributed by atoms with Gasteiger partial charge in [0.05, 0.1) is 0 Å². The van der Waals surface area contributed by atoms with E-state index in [1.54, 1.807) is 18.8 Å². The van der Waals surface area contributed by atoms with Gasteiger partial charge in [-0.3, -0.25) is 0 Å². The fourth-order valence-electron chi connectivity index (χ4n) is 3.80. The van der Waals surface area contributed by atoms with Crippen LogP contribution >= 0.6 is 12.4 Å². The van der Waals surface area contributed by atoms with Crippen molar-refractivity contribution >= 4 is 28.9 Å². The summed E-state index contributed by atoms with van der Waals surface area (Å²) in [5.41, 5.74) is 5.35. The molecule has 1 atom stereocenters. The topological polar surface area (TPSA) is 137 Å². The maximum absolute atomic E-state index is 7.00. The van der Waals surface area contributed by atoms with Gasteiger partial charge >= 0.3 is 76.2 Å². The van der Waals surface area contributed by atoms with E-state index in [-0.39, 0.29) is 26.0 Å². The first kappa shape index (κ1) is 36.7. The quantitative estimate of drug-likeness (QED) is 0.202. The molecular formula is C17H52ClN5O4Si2. The van der Waals surface area contributed by atoms with E-state index in [4.69, 9.17) is 24.1 Å². The minimum Gasteiger partial charge on any atom is -0.398 e. The van der Waals surface area contributed by atoms with Gasteiger partial charge in [-0.05, 0) is 25.6 Å². The molecule has 0 aliphatic carbocycles. The minimum absolute atomic E-state index is 0. The van der Waals surface area contributed by atoms with Crippen molar-refractivity contribution in [2.75, 3.05) is 67.7 Å². The van der Waals surface area contributed by atoms with E-state index in [0.29, 0.717) is 6.54 Å². The number of rotatable bonds is 9. The number of nitrogens with two attached hydrogens (primary N) is 1. The molecule has 0 bridgehead atoms. The summed E-state index contributed by atoms with van der Waals surface area (Å²) in [6.45, 7) is 10.8. The smallest absolute Gasteiger partial charge is 0.334 e. The van der Waals surface area contributed by atoms with Gasteiger partial charge in [0.15, 0.2) is 0 Å². The number of halogens is 1. The summed E-state index contributed by atoms with van der Waals surface area (Å²) in [4.78, 5) is 3.65. The summed E-state index contributed by atoms with van der Waals surface area (Å²) in [7, 11) is 2.39. The molecule has 2 heterocycles. The zero-order valence-corrected chi connectivity index (χ0v) is 21.8. The monoisotopic (exact) mass is 481 g/mol. The van der Waals surface area contributed by atoms with Crippen LogP contribution in [0, 0.1) is 0 Å². The van der Waals surface area contributed by atoms with Gasteiger partial charge in [0, 0.05) is 34.4 Å². The molecule has 2 aliphatic rings. The van der Waals surface area contributed by atoms with E-state index < -0.39 is 16.5 Å². The number of fused-ring (bicyclic) bond motifs is 1. The second-order valence-corrected chi connectivity index (χ2v) is 16.7. The molecule has 9 N–H and O–H groups in total. The van der Waals surface area contributed by atoms with Crippen LogP contribution in [0.2, 0.25) is 25.2 Å². The molecule has 12 heteroatoms. The Balaban J connectivity index is -0.000000182. The average molecular weight is 482 g/mol. The van der Waals surface area contributed by atoms with Crippen LogP contribution < -0.4 is 26.7 Å². The number of hydrogen-bond acceptors (Lipinski definition) is 8. The maximum Gasteiger partial charge on any atom is 0.334 e. The number of quaternary nitrogens is 1. The Kier molecular flexibility index (Phi) is 22.8. The average Bonchev–Trinajstić information content (AvgIpc) is 3.18. The van der Waals surface area contributed by atoms with E-state index in [1.807, 2.05) is 7.11 Å². The first-order valence-electron chi connectivity index (χ1n) is 9.67. The van der Waals surface area contributed by atoms with Crippen molar-refractivity contribution in [2.45, 2.75) is 45.5 Å². The number of aliphatic hydroxyl groups is 1. The van der Waals surface area contributed by atoms with Crippen LogP contribution in [-0.2, 0) is 13.3 Å². The molecule has 0 aromatic heterocycles. The molecule has 2 saturated heterocycles. The third-order valence-corrected chi connectivity index (χ3v) is 15.1. The van der Waals surface area contributed by atoms with Gasteiger partial charge in [0.25, 0.3) is 0 Å². The Morgan fingerprint density at radius 2 is 1.76 bits per heavy atom. The number of nitrogens with one attached hydrogen (secondary N) is 3. The number of hydrogen-bond donors (Lipinski definition) is 6. The van der Waals surface area contributed by atoms with Gasteiger partial charge in [-0.1, -0.05) is 7.43 Å². The van der Waals surface area contributed by atoms with Crippen molar-refractivity contribution in [1.82, 2.24) is 16.4 Å². The molecule has 9 nitrogen and oxygen atoms in total. The molecule has 0 radical (unpaired) electrons. The normalized spacial score (nSPS) is 21.8. The van der Waals surface area contributed by atoms with Gasteiger partial charge in [-0.2, -0.15) is 0 Å². The zero-order valence-electron chi connectivity index (χ0n) is 18.9. The summed E-state index contributed by atoms with van der Waals surface area (Å²) in [6.07, 6.45) is 2.44. The van der Waals surface area contributed by atoms with Crippen molar-refractivity contribution in [3.63, 3.8) is 0 Å². The molecule has 0 aromatic carbocycles. The predicted molar refractivity (Wildman–Crippen MR) is 131 cm³/mol. The molecule has 0 aromatic rings. The maximum atomic E-state index is 7.00. The fourth-order valence-corrected chi connectivity index (χ4v) is 10.0. The molecule has 2 fully saturated rings. The Bertz CT molecular complexity index is 376. The largest absolute Gasteiger partial charge is 0.398 e. The molecule has 0 spiro atoms. The molecule has 29 heavy (non-hydrogen) atoms. The summed E-state index contributed by atoms with van der Waals surface area (Å²) in [5.74, 6) is 0. The molecule has 0 amide bonds. The van der Waals surface area contributed by atoms with Crippen LogP contribution in [0.25, 0.3) is 0 Å². The van der Waals surface area contributed by atoms with Gasteiger partial charge < -0.3 is 31.2 Å². The summed E-state index contributed by atoms with van der Waals surface area (Å²) in [5, 5.41) is 10.2. The second kappa shape index (κ2) is 18.0. The molecule has 2 aliphatic heterocycles. The van der Waals surface area contributed by atoms with Gasteiger partial charge in [0.1, 0.15) is 0 Å². The van der Waals surface area contributed by atoms with Gasteiger partial charge in [-0.15, -0.1) is 12.4 Å². The van der Waals surface area contributed by atoms with Gasteiger partial charge in [-0.25, -0.2) is 0 Å². The van der Waals surface area contributed by atoms with Crippen molar-refractivity contribution < 1.29 is 23.0 Å². The van der Waals surface area contributed by atoms with Crippen LogP contribution in [0.3, 0.4) is 0 Å². The molecule has 0 saturated carbocycles. The third-order valence-electron chi connectivity index (χ3n) is 5.92. The van der Waals surface area contributed by atoms with Crippen molar-refractivity contribution in [2.24, 2.45) is 5.73 Å². The summed E-state index contributed by atoms with van der Waals surface area (Å²) < 4.78 is 18.3. The van der Waals surface area contributed by atoms with Crippen molar-refractivity contribution in [3.05, 3.63) is 0 Å². The first-order chi connectivity index (χ1) is 12.4. The van der Waals surface area contributed by atoms with Gasteiger partial charge in [0.2, 0.25) is 0 Å². The zero-order chi connectivity index (χ0) is 20.1. The molecule has 2 rings (SSSR count). The second-order valence-electron chi connectivity index (χ2n) is 7.41. The Labute approximate surface area is 187 Å². The minimum atomic E-state index is -2.12. The summed E-state index contributed by atoms with van der Waals surface area (Å²) >= 11 is 0. The van der Waals surface area contributed by atoms with Crippen LogP contribution in [0.15, 0.2) is 0 Å². The predicted octanol–water partition coefficient (Wildman–Crippen LogP) is 0.165. The number of aliphatic hydroxyl groups excluding tert-OH is 1. The van der Waals surface area contributed by atoms with Crippen LogP contribution in [-0.4, -0.2) is 89.3 Å². The SMILES string of the molecule is C.CO.CO[Si-]12(C)CCC[NH+]1CCN2.CO[Si](C)(CCCNCCN)OC.Cl.N.